The molecule has 0 amide bonds. The molecule has 1 atom stereocenters. The van der Waals surface area contributed by atoms with Crippen molar-refractivity contribution < 1.29 is 12.9 Å². The zero-order valence-corrected chi connectivity index (χ0v) is 10.9. The van der Waals surface area contributed by atoms with Crippen LogP contribution < -0.4 is 0 Å². The Balaban J connectivity index is 2.02. The highest BCUT2D eigenvalue weighted by atomic mass is 32.2. The Bertz CT molecular complexity index is 483. The summed E-state index contributed by atoms with van der Waals surface area (Å²) in [6, 6.07) is 0.106. The van der Waals surface area contributed by atoms with E-state index in [1.54, 1.807) is 6.92 Å². The molecule has 1 fully saturated rings. The molecule has 2 heterocycles. The minimum atomic E-state index is -2.92. The van der Waals surface area contributed by atoms with Crippen molar-refractivity contribution in [1.82, 2.24) is 15.0 Å². The number of aromatic nitrogens is 2. The molecule has 1 saturated heterocycles. The van der Waals surface area contributed by atoms with E-state index < -0.39 is 9.84 Å². The van der Waals surface area contributed by atoms with Gasteiger partial charge in [0.05, 0.1) is 11.8 Å². The standard InChI is InChI=1S/C10H17N3O3S/c1-8-11-10(12-16-8)9-4-3-5-13(9)6-7-17(2,14)15/h9H,3-7H2,1-2H3/t9-/m0/s1. The number of aryl methyl sites for hydroxylation is 1. The fourth-order valence-electron chi connectivity index (χ4n) is 2.12. The van der Waals surface area contributed by atoms with Gasteiger partial charge in [-0.25, -0.2) is 8.42 Å². The minimum Gasteiger partial charge on any atom is -0.340 e. The number of nitrogens with zero attached hydrogens (tertiary/aromatic N) is 3. The van der Waals surface area contributed by atoms with Gasteiger partial charge in [0.25, 0.3) is 0 Å². The average Bonchev–Trinajstić information content (AvgIpc) is 2.81. The van der Waals surface area contributed by atoms with Crippen LogP contribution in [0.4, 0.5) is 0 Å². The van der Waals surface area contributed by atoms with Crippen LogP contribution in [0.3, 0.4) is 0 Å². The third-order valence-electron chi connectivity index (χ3n) is 2.95. The lowest BCUT2D eigenvalue weighted by Crippen LogP contribution is -2.29. The van der Waals surface area contributed by atoms with Crippen LogP contribution in [0.2, 0.25) is 0 Å². The van der Waals surface area contributed by atoms with Crippen molar-refractivity contribution in [1.29, 1.82) is 0 Å². The summed E-state index contributed by atoms with van der Waals surface area (Å²) in [5.41, 5.74) is 0. The highest BCUT2D eigenvalue weighted by Gasteiger charge is 2.29. The van der Waals surface area contributed by atoms with Crippen molar-refractivity contribution in [2.75, 3.05) is 25.1 Å². The third kappa shape index (κ3) is 3.26. The van der Waals surface area contributed by atoms with E-state index >= 15 is 0 Å². The molecule has 0 saturated carbocycles. The minimum absolute atomic E-state index is 0.106. The number of hydrogen-bond acceptors (Lipinski definition) is 6. The van der Waals surface area contributed by atoms with E-state index in [4.69, 9.17) is 4.52 Å². The maximum absolute atomic E-state index is 11.2. The molecule has 6 nitrogen and oxygen atoms in total. The summed E-state index contributed by atoms with van der Waals surface area (Å²) in [7, 11) is -2.92. The smallest absolute Gasteiger partial charge is 0.223 e. The van der Waals surface area contributed by atoms with Gasteiger partial charge in [0.15, 0.2) is 5.82 Å². The predicted octanol–water partition coefficient (Wildman–Crippen LogP) is 0.560. The first kappa shape index (κ1) is 12.5. The summed E-state index contributed by atoms with van der Waals surface area (Å²) < 4.78 is 27.3. The molecule has 0 unspecified atom stereocenters. The average molecular weight is 259 g/mol. The largest absolute Gasteiger partial charge is 0.340 e. The van der Waals surface area contributed by atoms with E-state index in [2.05, 4.69) is 15.0 Å². The molecular weight excluding hydrogens is 242 g/mol. The van der Waals surface area contributed by atoms with Gasteiger partial charge in [0.2, 0.25) is 5.89 Å². The molecule has 1 aromatic rings. The van der Waals surface area contributed by atoms with Crippen LogP contribution in [0.1, 0.15) is 30.6 Å². The predicted molar refractivity (Wildman–Crippen MR) is 62.3 cm³/mol. The summed E-state index contributed by atoms with van der Waals surface area (Å²) in [6.07, 6.45) is 3.27. The molecule has 7 heteroatoms. The molecular formula is C10H17N3O3S. The van der Waals surface area contributed by atoms with E-state index in [1.165, 1.54) is 6.26 Å². The first-order valence-electron chi connectivity index (χ1n) is 5.68. The van der Waals surface area contributed by atoms with E-state index in [0.29, 0.717) is 18.3 Å². The van der Waals surface area contributed by atoms with Gasteiger partial charge in [-0.2, -0.15) is 4.98 Å². The summed E-state index contributed by atoms with van der Waals surface area (Å²) in [5.74, 6) is 1.41. The van der Waals surface area contributed by atoms with Crippen molar-refractivity contribution in [2.45, 2.75) is 25.8 Å². The van der Waals surface area contributed by atoms with Crippen molar-refractivity contribution in [3.05, 3.63) is 11.7 Å². The van der Waals surface area contributed by atoms with Crippen LogP contribution in [0.5, 0.6) is 0 Å². The van der Waals surface area contributed by atoms with Gasteiger partial charge in [-0.3, -0.25) is 4.90 Å². The molecule has 1 aromatic heterocycles. The van der Waals surface area contributed by atoms with Crippen molar-refractivity contribution in [3.63, 3.8) is 0 Å². The van der Waals surface area contributed by atoms with Gasteiger partial charge in [-0.15, -0.1) is 0 Å². The third-order valence-corrected chi connectivity index (χ3v) is 3.88. The first-order chi connectivity index (χ1) is 7.96. The Labute approximate surface area is 101 Å². The monoisotopic (exact) mass is 259 g/mol. The Morgan fingerprint density at radius 3 is 2.88 bits per heavy atom. The number of hydrogen-bond donors (Lipinski definition) is 0. The molecule has 1 aliphatic rings. The van der Waals surface area contributed by atoms with Gasteiger partial charge in [-0.05, 0) is 19.4 Å². The van der Waals surface area contributed by atoms with Crippen LogP contribution in [0, 0.1) is 6.92 Å². The Kier molecular flexibility index (Phi) is 3.48. The van der Waals surface area contributed by atoms with Gasteiger partial charge < -0.3 is 4.52 Å². The molecule has 0 aromatic carbocycles. The summed E-state index contributed by atoms with van der Waals surface area (Å²) in [6.45, 7) is 3.19. The lowest BCUT2D eigenvalue weighted by atomic mass is 10.2. The molecule has 1 aliphatic heterocycles. The van der Waals surface area contributed by atoms with Crippen LogP contribution in [-0.4, -0.2) is 48.6 Å². The number of likely N-dealkylation sites (tertiary alicyclic amines) is 1. The van der Waals surface area contributed by atoms with Crippen LogP contribution in [-0.2, 0) is 9.84 Å². The van der Waals surface area contributed by atoms with Gasteiger partial charge >= 0.3 is 0 Å². The maximum atomic E-state index is 11.2. The zero-order valence-electron chi connectivity index (χ0n) is 10.1. The molecule has 0 bridgehead atoms. The van der Waals surface area contributed by atoms with Crippen molar-refractivity contribution in [2.24, 2.45) is 0 Å². The SMILES string of the molecule is Cc1nc([C@@H]2CCCN2CCS(C)(=O)=O)no1. The molecule has 0 aliphatic carbocycles. The van der Waals surface area contributed by atoms with Gasteiger partial charge in [-0.1, -0.05) is 5.16 Å². The van der Waals surface area contributed by atoms with Crippen molar-refractivity contribution in [3.8, 4) is 0 Å². The Morgan fingerprint density at radius 1 is 1.53 bits per heavy atom. The topological polar surface area (TPSA) is 76.3 Å². The van der Waals surface area contributed by atoms with E-state index in [0.717, 1.165) is 19.4 Å². The fourth-order valence-corrected chi connectivity index (χ4v) is 2.69. The maximum Gasteiger partial charge on any atom is 0.223 e. The quantitative estimate of drug-likeness (QED) is 0.786. The molecule has 0 N–H and O–H groups in total. The van der Waals surface area contributed by atoms with E-state index in [-0.39, 0.29) is 11.8 Å². The lowest BCUT2D eigenvalue weighted by molar-refractivity contribution is 0.255. The molecule has 2 rings (SSSR count). The summed E-state index contributed by atoms with van der Waals surface area (Å²) in [4.78, 5) is 6.33. The molecule has 17 heavy (non-hydrogen) atoms. The Morgan fingerprint density at radius 2 is 2.29 bits per heavy atom. The van der Waals surface area contributed by atoms with Crippen molar-refractivity contribution >= 4 is 9.84 Å². The second kappa shape index (κ2) is 4.73. The number of rotatable bonds is 4. The van der Waals surface area contributed by atoms with Gasteiger partial charge in [0, 0.05) is 19.7 Å². The highest BCUT2D eigenvalue weighted by molar-refractivity contribution is 7.90. The van der Waals surface area contributed by atoms with Crippen LogP contribution in [0.15, 0.2) is 4.52 Å². The second-order valence-corrected chi connectivity index (χ2v) is 6.76. The summed E-state index contributed by atoms with van der Waals surface area (Å²) >= 11 is 0. The van der Waals surface area contributed by atoms with E-state index in [9.17, 15) is 8.42 Å². The van der Waals surface area contributed by atoms with E-state index in [1.807, 2.05) is 0 Å². The zero-order chi connectivity index (χ0) is 12.5. The summed E-state index contributed by atoms with van der Waals surface area (Å²) in [5, 5.41) is 3.92. The fraction of sp³-hybridized carbons (Fsp3) is 0.800. The Hall–Kier alpha value is -0.950. The lowest BCUT2D eigenvalue weighted by Gasteiger charge is -2.20. The molecule has 0 radical (unpaired) electrons. The molecule has 0 spiro atoms. The van der Waals surface area contributed by atoms with Crippen LogP contribution in [0.25, 0.3) is 0 Å². The van der Waals surface area contributed by atoms with Crippen LogP contribution >= 0.6 is 0 Å². The first-order valence-corrected chi connectivity index (χ1v) is 7.74. The normalized spacial score (nSPS) is 22.1. The highest BCUT2D eigenvalue weighted by Crippen LogP contribution is 2.29. The number of sulfone groups is 1. The van der Waals surface area contributed by atoms with Gasteiger partial charge in [0.1, 0.15) is 9.84 Å². The second-order valence-electron chi connectivity index (χ2n) is 4.50. The molecule has 96 valence electrons.